The van der Waals surface area contributed by atoms with Gasteiger partial charge in [0.2, 0.25) is 5.91 Å². The number of primary amides is 1. The number of hydrogen-bond acceptors (Lipinski definition) is 5. The molecule has 2 N–H and O–H groups in total. The lowest BCUT2D eigenvalue weighted by Gasteiger charge is -2.41. The second-order valence-corrected chi connectivity index (χ2v) is 6.36. The molecule has 3 rings (SSSR count). The summed E-state index contributed by atoms with van der Waals surface area (Å²) in [6.07, 6.45) is 1.73. The number of aromatic nitrogens is 2. The Balaban J connectivity index is 1.85. The van der Waals surface area contributed by atoms with Gasteiger partial charge >= 0.3 is 0 Å². The van der Waals surface area contributed by atoms with Crippen molar-refractivity contribution in [2.24, 2.45) is 5.73 Å². The van der Waals surface area contributed by atoms with E-state index in [1.807, 2.05) is 29.5 Å². The van der Waals surface area contributed by atoms with Crippen LogP contribution in [-0.2, 0) is 14.3 Å². The summed E-state index contributed by atoms with van der Waals surface area (Å²) in [5, 5.41) is 0. The molecule has 8 heteroatoms. The minimum Gasteiger partial charge on any atom is -0.382 e. The third-order valence-electron chi connectivity index (χ3n) is 4.35. The molecule has 1 saturated heterocycles. The van der Waals surface area contributed by atoms with E-state index < -0.39 is 11.5 Å². The van der Waals surface area contributed by atoms with E-state index in [-0.39, 0.29) is 25.5 Å². The Morgan fingerprint density at radius 1 is 1.44 bits per heavy atom. The topological polar surface area (TPSA) is 99.2 Å². The lowest BCUT2D eigenvalue weighted by atomic mass is 9.97. The molecule has 0 unspecified atom stereocenters. The minimum absolute atomic E-state index is 0.00507. The Bertz CT molecular complexity index is 799. The molecular weight excluding hydrogens is 324 g/mol. The number of hydrogen-bond donors (Lipinski definition) is 1. The van der Waals surface area contributed by atoms with Gasteiger partial charge in [-0.1, -0.05) is 6.07 Å². The maximum Gasteiger partial charge on any atom is 0.274 e. The van der Waals surface area contributed by atoms with Crippen LogP contribution in [0.3, 0.4) is 0 Å². The van der Waals surface area contributed by atoms with Crippen molar-refractivity contribution in [1.82, 2.24) is 14.3 Å². The molecule has 3 heterocycles. The van der Waals surface area contributed by atoms with Crippen LogP contribution in [0.4, 0.5) is 0 Å². The predicted octanol–water partition coefficient (Wildman–Crippen LogP) is 0.376. The SMILES string of the molecule is COC[C@@]1(CC(N)=O)CN(C(=O)c2cn3c(C)cccc3n2)CCO1. The number of fused-ring (bicyclic) bond motifs is 1. The molecule has 2 aromatic heterocycles. The monoisotopic (exact) mass is 346 g/mol. The number of ether oxygens (including phenoxy) is 2. The van der Waals surface area contributed by atoms with Crippen molar-refractivity contribution in [2.45, 2.75) is 18.9 Å². The van der Waals surface area contributed by atoms with Gasteiger partial charge in [-0.3, -0.25) is 9.59 Å². The Morgan fingerprint density at radius 2 is 2.24 bits per heavy atom. The van der Waals surface area contributed by atoms with Gasteiger partial charge in [-0.25, -0.2) is 4.98 Å². The summed E-state index contributed by atoms with van der Waals surface area (Å²) in [7, 11) is 1.53. The van der Waals surface area contributed by atoms with Crippen LogP contribution >= 0.6 is 0 Å². The van der Waals surface area contributed by atoms with Crippen molar-refractivity contribution >= 4 is 17.5 Å². The Labute approximate surface area is 145 Å². The molecule has 0 aromatic carbocycles. The second kappa shape index (κ2) is 6.81. The van der Waals surface area contributed by atoms with Gasteiger partial charge < -0.3 is 24.5 Å². The van der Waals surface area contributed by atoms with Gasteiger partial charge in [0.05, 0.1) is 26.2 Å². The summed E-state index contributed by atoms with van der Waals surface area (Å²) in [6, 6.07) is 5.71. The van der Waals surface area contributed by atoms with Crippen molar-refractivity contribution in [1.29, 1.82) is 0 Å². The number of carbonyl (C=O) groups is 2. The molecule has 1 aliphatic rings. The number of pyridine rings is 1. The number of imidazole rings is 1. The van der Waals surface area contributed by atoms with E-state index in [9.17, 15) is 9.59 Å². The van der Waals surface area contributed by atoms with Crippen molar-refractivity contribution in [2.75, 3.05) is 33.4 Å². The van der Waals surface area contributed by atoms with Crippen molar-refractivity contribution in [3.05, 3.63) is 35.8 Å². The molecule has 1 atom stereocenters. The third kappa shape index (κ3) is 3.49. The van der Waals surface area contributed by atoms with E-state index in [4.69, 9.17) is 15.2 Å². The summed E-state index contributed by atoms with van der Waals surface area (Å²) in [5.41, 5.74) is 6.51. The summed E-state index contributed by atoms with van der Waals surface area (Å²) in [4.78, 5) is 30.4. The number of rotatable bonds is 5. The molecule has 0 saturated carbocycles. The molecule has 0 spiro atoms. The van der Waals surface area contributed by atoms with Gasteiger partial charge in [-0.2, -0.15) is 0 Å². The normalized spacial score (nSPS) is 20.8. The molecule has 134 valence electrons. The minimum atomic E-state index is -0.913. The van der Waals surface area contributed by atoms with Crippen LogP contribution in [0.5, 0.6) is 0 Å². The Hall–Kier alpha value is -2.45. The van der Waals surface area contributed by atoms with E-state index in [1.54, 1.807) is 11.1 Å². The molecule has 1 fully saturated rings. The molecule has 25 heavy (non-hydrogen) atoms. The highest BCUT2D eigenvalue weighted by Crippen LogP contribution is 2.24. The Morgan fingerprint density at radius 3 is 2.92 bits per heavy atom. The third-order valence-corrected chi connectivity index (χ3v) is 4.35. The van der Waals surface area contributed by atoms with Gasteiger partial charge in [0.15, 0.2) is 0 Å². The van der Waals surface area contributed by atoms with Gasteiger partial charge in [0, 0.05) is 25.5 Å². The fourth-order valence-corrected chi connectivity index (χ4v) is 3.26. The zero-order chi connectivity index (χ0) is 18.0. The zero-order valence-corrected chi connectivity index (χ0v) is 14.4. The fourth-order valence-electron chi connectivity index (χ4n) is 3.26. The first-order chi connectivity index (χ1) is 11.9. The molecule has 0 aliphatic carbocycles. The zero-order valence-electron chi connectivity index (χ0n) is 14.4. The van der Waals surface area contributed by atoms with Crippen LogP contribution in [0, 0.1) is 6.92 Å². The predicted molar refractivity (Wildman–Crippen MR) is 90.2 cm³/mol. The second-order valence-electron chi connectivity index (χ2n) is 6.36. The molecular formula is C17H22N4O4. The number of nitrogens with zero attached hydrogens (tertiary/aromatic N) is 3. The van der Waals surface area contributed by atoms with Crippen LogP contribution in [-0.4, -0.2) is 65.1 Å². The maximum absolute atomic E-state index is 12.9. The lowest BCUT2D eigenvalue weighted by Crippen LogP contribution is -2.57. The van der Waals surface area contributed by atoms with Crippen LogP contribution in [0.1, 0.15) is 22.6 Å². The maximum atomic E-state index is 12.9. The highest BCUT2D eigenvalue weighted by Gasteiger charge is 2.40. The van der Waals surface area contributed by atoms with E-state index >= 15 is 0 Å². The fraction of sp³-hybridized carbons (Fsp3) is 0.471. The number of nitrogens with two attached hydrogens (primary N) is 1. The quantitative estimate of drug-likeness (QED) is 0.843. The molecule has 0 bridgehead atoms. The summed E-state index contributed by atoms with van der Waals surface area (Å²) < 4.78 is 12.8. The van der Waals surface area contributed by atoms with E-state index in [0.717, 1.165) is 11.3 Å². The molecule has 8 nitrogen and oxygen atoms in total. The first kappa shape index (κ1) is 17.4. The van der Waals surface area contributed by atoms with Crippen LogP contribution in [0.15, 0.2) is 24.4 Å². The summed E-state index contributed by atoms with van der Waals surface area (Å²) in [5.74, 6) is -0.689. The van der Waals surface area contributed by atoms with Gasteiger partial charge in [0.1, 0.15) is 16.9 Å². The molecule has 0 radical (unpaired) electrons. The smallest absolute Gasteiger partial charge is 0.274 e. The number of methoxy groups -OCH3 is 1. The van der Waals surface area contributed by atoms with Crippen molar-refractivity contribution in [3.63, 3.8) is 0 Å². The number of amides is 2. The molecule has 1 aliphatic heterocycles. The van der Waals surface area contributed by atoms with Gasteiger partial charge in [-0.05, 0) is 19.1 Å². The first-order valence-corrected chi connectivity index (χ1v) is 8.09. The van der Waals surface area contributed by atoms with Gasteiger partial charge in [0.25, 0.3) is 5.91 Å². The lowest BCUT2D eigenvalue weighted by molar-refractivity contribution is -0.148. The molecule has 2 amide bonds. The number of morpholine rings is 1. The Kier molecular flexibility index (Phi) is 4.73. The van der Waals surface area contributed by atoms with E-state index in [1.165, 1.54) is 7.11 Å². The van der Waals surface area contributed by atoms with E-state index in [0.29, 0.717) is 18.8 Å². The average molecular weight is 346 g/mol. The standard InChI is InChI=1S/C17H22N4O4/c1-12-4-3-5-15-19-13(9-21(12)15)16(23)20-6-7-25-17(10-20,11-24-2)8-14(18)22/h3-5,9H,6-8,10-11H2,1-2H3,(H2,18,22)/t17-/m1/s1. The number of carbonyl (C=O) groups excluding carboxylic acids is 2. The molecule has 2 aromatic rings. The average Bonchev–Trinajstić information content (AvgIpc) is 2.99. The van der Waals surface area contributed by atoms with Gasteiger partial charge in [-0.15, -0.1) is 0 Å². The first-order valence-electron chi connectivity index (χ1n) is 8.09. The van der Waals surface area contributed by atoms with Crippen molar-refractivity contribution < 1.29 is 19.1 Å². The van der Waals surface area contributed by atoms with Crippen LogP contribution in [0.2, 0.25) is 0 Å². The van der Waals surface area contributed by atoms with Crippen molar-refractivity contribution in [3.8, 4) is 0 Å². The summed E-state index contributed by atoms with van der Waals surface area (Å²) >= 11 is 0. The number of aryl methyl sites for hydroxylation is 1. The van der Waals surface area contributed by atoms with Crippen LogP contribution < -0.4 is 5.73 Å². The highest BCUT2D eigenvalue weighted by molar-refractivity contribution is 5.93. The largest absolute Gasteiger partial charge is 0.382 e. The van der Waals surface area contributed by atoms with E-state index in [2.05, 4.69) is 4.98 Å². The summed E-state index contributed by atoms with van der Waals surface area (Å²) in [6.45, 7) is 3.11. The van der Waals surface area contributed by atoms with Crippen LogP contribution in [0.25, 0.3) is 5.65 Å². The highest BCUT2D eigenvalue weighted by atomic mass is 16.5.